The highest BCUT2D eigenvalue weighted by atomic mass is 127. The Morgan fingerprint density at radius 2 is 1.96 bits per heavy atom. The van der Waals surface area contributed by atoms with E-state index in [1.807, 2.05) is 52.9 Å². The summed E-state index contributed by atoms with van der Waals surface area (Å²) in [4.78, 5) is 35.0. The predicted molar refractivity (Wildman–Crippen MR) is 98.3 cm³/mol. The van der Waals surface area contributed by atoms with E-state index < -0.39 is 24.1 Å². The fraction of sp³-hybridized carbons (Fsp3) is 0.235. The predicted octanol–water partition coefficient (Wildman–Crippen LogP) is 2.52. The number of amides is 1. The van der Waals surface area contributed by atoms with E-state index in [1.54, 1.807) is 19.2 Å². The quantitative estimate of drug-likeness (QED) is 0.388. The van der Waals surface area contributed by atoms with E-state index in [4.69, 9.17) is 9.47 Å². The van der Waals surface area contributed by atoms with Crippen molar-refractivity contribution in [1.82, 2.24) is 10.6 Å². The molecule has 0 aliphatic carbocycles. The number of benzene rings is 1. The summed E-state index contributed by atoms with van der Waals surface area (Å²) in [5.41, 5.74) is 1.13. The highest BCUT2D eigenvalue weighted by Gasteiger charge is 2.25. The van der Waals surface area contributed by atoms with Gasteiger partial charge in [-0.15, -0.1) is 0 Å². The number of allylic oxidation sites excluding steroid dienone is 2. The Bertz CT molecular complexity index is 715. The minimum atomic E-state index is -0.967. The molecule has 0 saturated heterocycles. The van der Waals surface area contributed by atoms with E-state index in [1.165, 1.54) is 0 Å². The second-order valence-corrected chi connectivity index (χ2v) is 6.29. The number of esters is 1. The monoisotopic (exact) mass is 456 g/mol. The summed E-state index contributed by atoms with van der Waals surface area (Å²) in [6.45, 7) is 1.68. The molecule has 0 saturated carbocycles. The van der Waals surface area contributed by atoms with Crippen molar-refractivity contribution in [2.24, 2.45) is 0 Å². The van der Waals surface area contributed by atoms with Crippen LogP contribution in [0.4, 0.5) is 4.79 Å². The molecular weight excluding hydrogens is 439 g/mol. The maximum Gasteiger partial charge on any atom is 0.411 e. The average molecular weight is 456 g/mol. The topological polar surface area (TPSA) is 93.7 Å². The number of nitrogens with one attached hydrogen (secondary N) is 2. The average Bonchev–Trinajstić information content (AvgIpc) is 2.62. The summed E-state index contributed by atoms with van der Waals surface area (Å²) < 4.78 is 11.0. The Morgan fingerprint density at radius 3 is 2.64 bits per heavy atom. The van der Waals surface area contributed by atoms with Crippen LogP contribution in [-0.2, 0) is 25.7 Å². The Morgan fingerprint density at radius 1 is 1.24 bits per heavy atom. The molecule has 0 aromatic heterocycles. The van der Waals surface area contributed by atoms with Gasteiger partial charge < -0.3 is 14.8 Å². The second-order valence-electron chi connectivity index (χ2n) is 5.04. The summed E-state index contributed by atoms with van der Waals surface area (Å²) in [6, 6.07) is 9.23. The second kappa shape index (κ2) is 9.21. The number of dihydropyridines is 1. The van der Waals surface area contributed by atoms with Crippen molar-refractivity contribution in [3.8, 4) is 0 Å². The van der Waals surface area contributed by atoms with Gasteiger partial charge in [0.25, 0.3) is 0 Å². The van der Waals surface area contributed by atoms with Crippen LogP contribution in [0.1, 0.15) is 18.9 Å². The van der Waals surface area contributed by atoms with Gasteiger partial charge in [-0.05, 0) is 34.2 Å². The van der Waals surface area contributed by atoms with Gasteiger partial charge >= 0.3 is 12.1 Å². The number of hydrogen-bond acceptors (Lipinski definition) is 6. The molecule has 1 heterocycles. The molecule has 0 bridgehead atoms. The first-order valence-electron chi connectivity index (χ1n) is 7.54. The lowest BCUT2D eigenvalue weighted by Crippen LogP contribution is -2.42. The Labute approximate surface area is 158 Å². The number of alkyl carbamates (subject to hydrolysis) is 1. The van der Waals surface area contributed by atoms with Gasteiger partial charge in [-0.25, -0.2) is 9.59 Å². The Kier molecular flexibility index (Phi) is 6.99. The van der Waals surface area contributed by atoms with Crippen LogP contribution in [0.3, 0.4) is 0 Å². The highest BCUT2D eigenvalue weighted by Crippen LogP contribution is 2.17. The van der Waals surface area contributed by atoms with Crippen molar-refractivity contribution in [2.75, 3.05) is 0 Å². The molecular formula is C17H17IN2O5. The molecule has 2 rings (SSSR count). The maximum atomic E-state index is 12.0. The third-order valence-corrected chi connectivity index (χ3v) is 3.80. The number of rotatable bonds is 6. The number of carbonyl (C=O) groups is 3. The van der Waals surface area contributed by atoms with E-state index >= 15 is 0 Å². The first kappa shape index (κ1) is 19.0. The fourth-order valence-corrected chi connectivity index (χ4v) is 2.42. The first-order chi connectivity index (χ1) is 12.0. The van der Waals surface area contributed by atoms with Gasteiger partial charge in [0.2, 0.25) is 12.0 Å². The van der Waals surface area contributed by atoms with Gasteiger partial charge in [0.1, 0.15) is 6.61 Å². The molecule has 1 aromatic carbocycles. The lowest BCUT2D eigenvalue weighted by atomic mass is 10.2. The third kappa shape index (κ3) is 5.89. The van der Waals surface area contributed by atoms with Crippen LogP contribution in [0.5, 0.6) is 0 Å². The van der Waals surface area contributed by atoms with Crippen LogP contribution < -0.4 is 10.6 Å². The van der Waals surface area contributed by atoms with Crippen molar-refractivity contribution in [3.63, 3.8) is 0 Å². The van der Waals surface area contributed by atoms with E-state index in [0.717, 1.165) is 9.14 Å². The number of carbonyl (C=O) groups excluding carboxylic acids is 3. The summed E-state index contributed by atoms with van der Waals surface area (Å²) >= 11 is 2.04. The van der Waals surface area contributed by atoms with Gasteiger partial charge in [-0.3, -0.25) is 10.1 Å². The smallest absolute Gasteiger partial charge is 0.411 e. The zero-order valence-corrected chi connectivity index (χ0v) is 15.6. The van der Waals surface area contributed by atoms with Crippen LogP contribution in [0, 0.1) is 0 Å². The lowest BCUT2D eigenvalue weighted by Gasteiger charge is -2.24. The number of ether oxygens (including phenoxy) is 2. The number of hydrogen-bond donors (Lipinski definition) is 2. The molecule has 1 unspecified atom stereocenters. The SMILES string of the molecule is CCC(=O)C(=O)OC1NC=C(I)C=C1NC(=O)OCc1ccccc1. The van der Waals surface area contributed by atoms with Crippen molar-refractivity contribution in [3.05, 3.63) is 57.4 Å². The molecule has 1 atom stereocenters. The zero-order chi connectivity index (χ0) is 18.2. The van der Waals surface area contributed by atoms with Crippen LogP contribution in [0.25, 0.3) is 0 Å². The van der Waals surface area contributed by atoms with Gasteiger partial charge in [-0.1, -0.05) is 37.3 Å². The van der Waals surface area contributed by atoms with Crippen molar-refractivity contribution in [1.29, 1.82) is 0 Å². The molecule has 0 spiro atoms. The van der Waals surface area contributed by atoms with Crippen LogP contribution >= 0.6 is 22.6 Å². The van der Waals surface area contributed by atoms with Crippen molar-refractivity contribution >= 4 is 40.4 Å². The molecule has 0 fully saturated rings. The van der Waals surface area contributed by atoms with Crippen LogP contribution in [0.2, 0.25) is 0 Å². The molecule has 2 N–H and O–H groups in total. The normalized spacial score (nSPS) is 16.0. The van der Waals surface area contributed by atoms with Gasteiger partial charge in [0.15, 0.2) is 0 Å². The van der Waals surface area contributed by atoms with Gasteiger partial charge in [-0.2, -0.15) is 0 Å². The maximum absolute atomic E-state index is 12.0. The molecule has 132 valence electrons. The molecule has 1 aliphatic rings. The molecule has 0 radical (unpaired) electrons. The fourth-order valence-electron chi connectivity index (χ4n) is 1.90. The van der Waals surface area contributed by atoms with E-state index in [9.17, 15) is 14.4 Å². The van der Waals surface area contributed by atoms with Gasteiger partial charge in [0, 0.05) is 16.2 Å². The van der Waals surface area contributed by atoms with Crippen LogP contribution in [0.15, 0.2) is 51.9 Å². The molecule has 25 heavy (non-hydrogen) atoms. The minimum absolute atomic E-state index is 0.0462. The van der Waals surface area contributed by atoms with E-state index in [2.05, 4.69) is 10.6 Å². The molecule has 1 amide bonds. The number of Topliss-reactive ketones (excluding diaryl/α,β-unsaturated/α-hetero) is 1. The summed E-state index contributed by atoms with van der Waals surface area (Å²) in [7, 11) is 0. The zero-order valence-electron chi connectivity index (χ0n) is 13.5. The molecule has 1 aromatic rings. The number of halogens is 1. The summed E-state index contributed by atoms with van der Waals surface area (Å²) in [5, 5.41) is 5.34. The Balaban J connectivity index is 1.95. The third-order valence-electron chi connectivity index (χ3n) is 3.18. The minimum Gasteiger partial charge on any atom is -0.444 e. The Hall–Kier alpha value is -2.36. The summed E-state index contributed by atoms with van der Waals surface area (Å²) in [6.07, 6.45) is 1.62. The number of ketones is 1. The lowest BCUT2D eigenvalue weighted by molar-refractivity contribution is -0.157. The standard InChI is InChI=1S/C17H17IN2O5/c1-2-14(21)16(22)25-15-13(8-12(18)9-19-15)20-17(23)24-10-11-6-4-3-5-7-11/h3-9,15,19H,2,10H2,1H3,(H,20,23). The van der Waals surface area contributed by atoms with Gasteiger partial charge in [0.05, 0.1) is 5.70 Å². The summed E-state index contributed by atoms with van der Waals surface area (Å²) in [5.74, 6) is -1.60. The van der Waals surface area contributed by atoms with E-state index in [-0.39, 0.29) is 18.7 Å². The molecule has 1 aliphatic heterocycles. The molecule has 7 nitrogen and oxygen atoms in total. The van der Waals surface area contributed by atoms with E-state index in [0.29, 0.717) is 0 Å². The van der Waals surface area contributed by atoms with Crippen molar-refractivity contribution < 1.29 is 23.9 Å². The largest absolute Gasteiger partial charge is 0.444 e. The highest BCUT2D eigenvalue weighted by molar-refractivity contribution is 14.1. The van der Waals surface area contributed by atoms with Crippen LogP contribution in [-0.4, -0.2) is 24.1 Å². The first-order valence-corrected chi connectivity index (χ1v) is 8.62. The van der Waals surface area contributed by atoms with Crippen molar-refractivity contribution in [2.45, 2.75) is 26.2 Å². The molecule has 8 heteroatoms.